The summed E-state index contributed by atoms with van der Waals surface area (Å²) in [5.74, 6) is -2.02. The van der Waals surface area contributed by atoms with Crippen LogP contribution in [-0.2, 0) is 9.59 Å². The molecule has 1 aliphatic carbocycles. The van der Waals surface area contributed by atoms with Crippen molar-refractivity contribution in [2.45, 2.75) is 88.4 Å². The summed E-state index contributed by atoms with van der Waals surface area (Å²) in [6, 6.07) is 8.96. The summed E-state index contributed by atoms with van der Waals surface area (Å²) in [6.07, 6.45) is 10.2. The molecule has 1 spiro atoms. The zero-order valence-electron chi connectivity index (χ0n) is 33.0. The molecule has 1 aromatic heterocycles. The standard InChI is InChI=1S/C43H45ClFN9O6/c44-33-17-30(4-1-25(33)20-46)60-29-5-2-27(3-6-29)49-38(56)26-21-47-42(48-22-26)53-23-43(24-53)11-15-51(16-12-43)28-9-13-52(14-10-28)36-19-32-31(18-34(36)45)40(58)54(41(32)59)35-7-8-37(55)50-39(35)57/h1,4,17-19,21-22,27-29,35H,2-3,5-16,23-24H2,(H,49,56)(H,50,55,57)/t27-,29-,35?. The minimum absolute atomic E-state index is 0.0135. The SMILES string of the molecule is N#Cc1ccc(O[C@H]2CC[C@H](NC(=O)c3cnc(N4CC5(CCN(C6CCN(c7cc8c(cc7F)C(=O)N(C7CCC(=O)NC7=O)C8=O)CC6)CC5)C4)nc3)CC2)cc1Cl. The molecule has 5 fully saturated rings. The molecular weight excluding hydrogens is 793 g/mol. The Balaban J connectivity index is 0.709. The van der Waals surface area contributed by atoms with E-state index in [-0.39, 0.29) is 53.1 Å². The molecule has 312 valence electrons. The number of piperidine rings is 3. The number of hydrogen-bond donors (Lipinski definition) is 2. The van der Waals surface area contributed by atoms with E-state index < -0.39 is 35.5 Å². The smallest absolute Gasteiger partial charge is 0.262 e. The van der Waals surface area contributed by atoms with Crippen molar-refractivity contribution < 1.29 is 33.1 Å². The largest absolute Gasteiger partial charge is 0.490 e. The van der Waals surface area contributed by atoms with E-state index in [1.54, 1.807) is 30.6 Å². The molecule has 3 aromatic rings. The topological polar surface area (TPSA) is 181 Å². The summed E-state index contributed by atoms with van der Waals surface area (Å²) in [5.41, 5.74) is 1.33. The van der Waals surface area contributed by atoms with Crippen molar-refractivity contribution in [1.29, 1.82) is 5.26 Å². The van der Waals surface area contributed by atoms with Gasteiger partial charge >= 0.3 is 0 Å². The highest BCUT2D eigenvalue weighted by molar-refractivity contribution is 6.31. The molecule has 0 radical (unpaired) electrons. The fraction of sp³-hybridized carbons (Fsp3) is 0.488. The van der Waals surface area contributed by atoms with Gasteiger partial charge in [0.25, 0.3) is 17.7 Å². The number of rotatable bonds is 8. The summed E-state index contributed by atoms with van der Waals surface area (Å²) in [4.78, 5) is 80.2. The molecule has 17 heteroatoms. The predicted octanol–water partition coefficient (Wildman–Crippen LogP) is 4.23. The van der Waals surface area contributed by atoms with Gasteiger partial charge in [-0.1, -0.05) is 11.6 Å². The molecule has 2 aromatic carbocycles. The van der Waals surface area contributed by atoms with Crippen LogP contribution >= 0.6 is 11.6 Å². The highest BCUT2D eigenvalue weighted by atomic mass is 35.5. The first-order chi connectivity index (χ1) is 29.0. The van der Waals surface area contributed by atoms with Crippen LogP contribution in [0.1, 0.15) is 101 Å². The number of halogens is 2. The van der Waals surface area contributed by atoms with E-state index in [1.807, 2.05) is 11.0 Å². The Bertz CT molecular complexity index is 2270. The molecule has 9 rings (SSSR count). The number of benzene rings is 2. The van der Waals surface area contributed by atoms with E-state index in [2.05, 4.69) is 30.4 Å². The summed E-state index contributed by atoms with van der Waals surface area (Å²) in [5, 5.41) is 14.8. The molecule has 1 atom stereocenters. The second-order valence-corrected chi connectivity index (χ2v) is 17.4. The molecule has 4 saturated heterocycles. The van der Waals surface area contributed by atoms with Crippen molar-refractivity contribution >= 4 is 52.8 Å². The fourth-order valence-electron chi connectivity index (χ4n) is 9.83. The third kappa shape index (κ3) is 7.64. The molecule has 0 bridgehead atoms. The van der Waals surface area contributed by atoms with Crippen LogP contribution in [0.2, 0.25) is 5.02 Å². The Morgan fingerprint density at radius 3 is 2.23 bits per heavy atom. The number of nitrogens with zero attached hydrogens (tertiary/aromatic N) is 7. The lowest BCUT2D eigenvalue weighted by atomic mass is 9.71. The maximum atomic E-state index is 15.5. The van der Waals surface area contributed by atoms with E-state index in [4.69, 9.17) is 21.6 Å². The summed E-state index contributed by atoms with van der Waals surface area (Å²) >= 11 is 6.15. The number of nitriles is 1. The second kappa shape index (κ2) is 16.1. The quantitative estimate of drug-likeness (QED) is 0.309. The van der Waals surface area contributed by atoms with Crippen LogP contribution in [0.3, 0.4) is 0 Å². The maximum absolute atomic E-state index is 15.5. The lowest BCUT2D eigenvalue weighted by Crippen LogP contribution is -2.62. The summed E-state index contributed by atoms with van der Waals surface area (Å²) in [7, 11) is 0. The van der Waals surface area contributed by atoms with E-state index >= 15 is 4.39 Å². The molecule has 5 amide bonds. The average molecular weight is 838 g/mol. The number of hydrogen-bond acceptors (Lipinski definition) is 12. The van der Waals surface area contributed by atoms with Gasteiger partial charge in [0, 0.05) is 68.6 Å². The van der Waals surface area contributed by atoms with Crippen molar-refractivity contribution in [2.24, 2.45) is 5.41 Å². The highest BCUT2D eigenvalue weighted by Gasteiger charge is 2.48. The average Bonchev–Trinajstić information content (AvgIpc) is 3.47. The maximum Gasteiger partial charge on any atom is 0.262 e. The Labute approximate surface area is 351 Å². The first-order valence-corrected chi connectivity index (χ1v) is 21.1. The molecule has 6 heterocycles. The minimum Gasteiger partial charge on any atom is -0.490 e. The molecule has 5 aliphatic heterocycles. The van der Waals surface area contributed by atoms with Gasteiger partial charge in [-0.3, -0.25) is 34.2 Å². The van der Waals surface area contributed by atoms with Crippen LogP contribution in [-0.4, -0.2) is 113 Å². The van der Waals surface area contributed by atoms with Gasteiger partial charge in [0.2, 0.25) is 17.8 Å². The van der Waals surface area contributed by atoms with Crippen LogP contribution < -0.4 is 25.2 Å². The Morgan fingerprint density at radius 1 is 0.900 bits per heavy atom. The van der Waals surface area contributed by atoms with Gasteiger partial charge in [0.1, 0.15) is 23.7 Å². The fourth-order valence-corrected chi connectivity index (χ4v) is 10.0. The molecule has 2 N–H and O–H groups in total. The molecular formula is C43H45ClFN9O6. The van der Waals surface area contributed by atoms with E-state index in [9.17, 15) is 24.0 Å². The summed E-state index contributed by atoms with van der Waals surface area (Å²) < 4.78 is 21.6. The van der Waals surface area contributed by atoms with Gasteiger partial charge in [-0.15, -0.1) is 0 Å². The van der Waals surface area contributed by atoms with Crippen molar-refractivity contribution in [1.82, 2.24) is 30.4 Å². The molecule has 1 unspecified atom stereocenters. The first-order valence-electron chi connectivity index (χ1n) is 20.8. The van der Waals surface area contributed by atoms with Gasteiger partial charge < -0.3 is 24.8 Å². The number of fused-ring (bicyclic) bond motifs is 1. The Hall–Kier alpha value is -5.66. The Morgan fingerprint density at radius 2 is 1.58 bits per heavy atom. The van der Waals surface area contributed by atoms with Crippen LogP contribution in [0.15, 0.2) is 42.7 Å². The predicted molar refractivity (Wildman–Crippen MR) is 216 cm³/mol. The third-order valence-corrected chi connectivity index (χ3v) is 13.6. The lowest BCUT2D eigenvalue weighted by molar-refractivity contribution is -0.136. The zero-order chi connectivity index (χ0) is 41.7. The minimum atomic E-state index is -1.10. The van der Waals surface area contributed by atoms with Gasteiger partial charge in [-0.05, 0) is 95.1 Å². The van der Waals surface area contributed by atoms with Crippen LogP contribution in [0, 0.1) is 22.6 Å². The molecule has 1 saturated carbocycles. The first kappa shape index (κ1) is 39.8. The Kier molecular flexibility index (Phi) is 10.7. The number of carbonyl (C=O) groups excluding carboxylic acids is 5. The van der Waals surface area contributed by atoms with Crippen molar-refractivity contribution in [3.63, 3.8) is 0 Å². The van der Waals surface area contributed by atoms with Gasteiger partial charge in [0.15, 0.2) is 0 Å². The highest BCUT2D eigenvalue weighted by Crippen LogP contribution is 2.43. The number of anilines is 2. The van der Waals surface area contributed by atoms with Gasteiger partial charge in [-0.25, -0.2) is 14.4 Å². The number of imide groups is 2. The van der Waals surface area contributed by atoms with Crippen LogP contribution in [0.4, 0.5) is 16.0 Å². The number of nitrogens with one attached hydrogen (secondary N) is 2. The van der Waals surface area contributed by atoms with Crippen molar-refractivity contribution in [2.75, 3.05) is 49.1 Å². The summed E-state index contributed by atoms with van der Waals surface area (Å²) in [6.45, 7) is 4.88. The van der Waals surface area contributed by atoms with Gasteiger partial charge in [-0.2, -0.15) is 5.26 Å². The lowest BCUT2D eigenvalue weighted by Gasteiger charge is -2.55. The number of likely N-dealkylation sites (tertiary alicyclic amines) is 1. The number of aromatic nitrogens is 2. The molecule has 15 nitrogen and oxygen atoms in total. The van der Waals surface area contributed by atoms with Crippen molar-refractivity contribution in [3.8, 4) is 11.8 Å². The van der Waals surface area contributed by atoms with E-state index in [0.717, 1.165) is 88.5 Å². The van der Waals surface area contributed by atoms with Crippen molar-refractivity contribution in [3.05, 3.63) is 75.8 Å². The monoisotopic (exact) mass is 837 g/mol. The van der Waals surface area contributed by atoms with Crippen LogP contribution in [0.25, 0.3) is 0 Å². The van der Waals surface area contributed by atoms with E-state index in [0.29, 0.717) is 47.0 Å². The number of carbonyl (C=O) groups is 5. The third-order valence-electron chi connectivity index (χ3n) is 13.3. The van der Waals surface area contributed by atoms with Crippen LogP contribution in [0.5, 0.6) is 5.75 Å². The number of ether oxygens (including phenoxy) is 1. The van der Waals surface area contributed by atoms with Gasteiger partial charge in [0.05, 0.1) is 39.1 Å². The molecule has 6 aliphatic rings. The van der Waals surface area contributed by atoms with E-state index in [1.165, 1.54) is 6.07 Å². The normalized spacial score (nSPS) is 24.5. The second-order valence-electron chi connectivity index (χ2n) is 17.0. The number of amides is 5. The zero-order valence-corrected chi connectivity index (χ0v) is 33.8. The molecule has 60 heavy (non-hydrogen) atoms.